The summed E-state index contributed by atoms with van der Waals surface area (Å²) >= 11 is 1.50. The highest BCUT2D eigenvalue weighted by Gasteiger charge is 2.29. The van der Waals surface area contributed by atoms with Crippen molar-refractivity contribution < 1.29 is 9.59 Å². The number of aryl methyl sites for hydroxylation is 1. The molecule has 5 heteroatoms. The molecule has 0 aromatic heterocycles. The molecule has 0 unspecified atom stereocenters. The van der Waals surface area contributed by atoms with Gasteiger partial charge in [-0.1, -0.05) is 78.7 Å². The standard InChI is InChI=1S/C29H28N2O2S/c1-20-7-6-8-22(17-20)19-31-25-11-4-5-12-26(25)34-27(29(31)33)18-21-13-15-23(16-14-21)28(32)30-24-9-2-3-10-24/h4-8,11-18,24H,2-3,9-10,19H2,1H3,(H,30,32). The van der Waals surface area contributed by atoms with Crippen LogP contribution in [0.5, 0.6) is 0 Å². The fourth-order valence-corrected chi connectivity index (χ4v) is 5.69. The molecular weight excluding hydrogens is 440 g/mol. The summed E-state index contributed by atoms with van der Waals surface area (Å²) in [6.45, 7) is 2.59. The zero-order chi connectivity index (χ0) is 23.5. The number of nitrogens with one attached hydrogen (secondary N) is 1. The van der Waals surface area contributed by atoms with Gasteiger partial charge in [-0.05, 0) is 61.2 Å². The van der Waals surface area contributed by atoms with Crippen molar-refractivity contribution in [2.75, 3.05) is 4.90 Å². The minimum absolute atomic E-state index is 0.00624. The lowest BCUT2D eigenvalue weighted by atomic mass is 10.1. The van der Waals surface area contributed by atoms with Crippen LogP contribution >= 0.6 is 11.8 Å². The number of benzene rings is 3. The minimum atomic E-state index is -0.0209. The average Bonchev–Trinajstić information content (AvgIpc) is 3.35. The number of rotatable bonds is 5. The van der Waals surface area contributed by atoms with Crippen LogP contribution in [0.25, 0.3) is 6.08 Å². The molecule has 0 bridgehead atoms. The van der Waals surface area contributed by atoms with Gasteiger partial charge in [-0.25, -0.2) is 0 Å². The highest BCUT2D eigenvalue weighted by atomic mass is 32.2. The molecule has 4 nitrogen and oxygen atoms in total. The van der Waals surface area contributed by atoms with E-state index in [9.17, 15) is 9.59 Å². The molecule has 0 radical (unpaired) electrons. The van der Waals surface area contributed by atoms with E-state index in [1.807, 2.05) is 59.5 Å². The Morgan fingerprint density at radius 2 is 1.79 bits per heavy atom. The molecule has 34 heavy (non-hydrogen) atoms. The zero-order valence-electron chi connectivity index (χ0n) is 19.3. The Morgan fingerprint density at radius 3 is 2.56 bits per heavy atom. The molecule has 5 rings (SSSR count). The predicted molar refractivity (Wildman–Crippen MR) is 139 cm³/mol. The summed E-state index contributed by atoms with van der Waals surface area (Å²) in [7, 11) is 0. The number of fused-ring (bicyclic) bond motifs is 1. The molecular formula is C29H28N2O2S. The average molecular weight is 469 g/mol. The van der Waals surface area contributed by atoms with E-state index in [1.165, 1.54) is 30.2 Å². The first kappa shape index (κ1) is 22.5. The number of amides is 2. The summed E-state index contributed by atoms with van der Waals surface area (Å²) in [6.07, 6.45) is 6.43. The number of hydrogen-bond donors (Lipinski definition) is 1. The monoisotopic (exact) mass is 468 g/mol. The van der Waals surface area contributed by atoms with E-state index < -0.39 is 0 Å². The molecule has 0 atom stereocenters. The number of para-hydroxylation sites is 1. The molecule has 1 aliphatic heterocycles. The largest absolute Gasteiger partial charge is 0.349 e. The van der Waals surface area contributed by atoms with Crippen LogP contribution in [0, 0.1) is 6.92 Å². The Bertz CT molecular complexity index is 1240. The van der Waals surface area contributed by atoms with Crippen LogP contribution in [0.4, 0.5) is 5.69 Å². The van der Waals surface area contributed by atoms with Crippen LogP contribution in [-0.2, 0) is 11.3 Å². The Balaban J connectivity index is 1.38. The van der Waals surface area contributed by atoms with Gasteiger partial charge in [0.25, 0.3) is 11.8 Å². The lowest BCUT2D eigenvalue weighted by Crippen LogP contribution is -2.33. The summed E-state index contributed by atoms with van der Waals surface area (Å²) in [6, 6.07) is 24.1. The zero-order valence-corrected chi connectivity index (χ0v) is 20.1. The third-order valence-electron chi connectivity index (χ3n) is 6.42. The fraction of sp³-hybridized carbons (Fsp3) is 0.241. The molecule has 1 aliphatic carbocycles. The first-order valence-electron chi connectivity index (χ1n) is 11.8. The maximum absolute atomic E-state index is 13.5. The number of carbonyl (C=O) groups excluding carboxylic acids is 2. The number of thioether (sulfide) groups is 1. The molecule has 1 N–H and O–H groups in total. The van der Waals surface area contributed by atoms with Gasteiger partial charge in [0.1, 0.15) is 0 Å². The van der Waals surface area contributed by atoms with Crippen molar-refractivity contribution in [3.8, 4) is 0 Å². The molecule has 3 aromatic rings. The van der Waals surface area contributed by atoms with E-state index >= 15 is 0 Å². The molecule has 1 saturated carbocycles. The van der Waals surface area contributed by atoms with Crippen molar-refractivity contribution in [3.63, 3.8) is 0 Å². The van der Waals surface area contributed by atoms with Crippen LogP contribution in [-0.4, -0.2) is 17.9 Å². The summed E-state index contributed by atoms with van der Waals surface area (Å²) < 4.78 is 0. The quantitative estimate of drug-likeness (QED) is 0.444. The third-order valence-corrected chi connectivity index (χ3v) is 7.49. The first-order chi connectivity index (χ1) is 16.6. The van der Waals surface area contributed by atoms with Crippen LogP contribution in [0.1, 0.15) is 52.7 Å². The number of anilines is 1. The highest BCUT2D eigenvalue weighted by Crippen LogP contribution is 2.42. The van der Waals surface area contributed by atoms with E-state index in [1.54, 1.807) is 0 Å². The fourth-order valence-electron chi connectivity index (χ4n) is 4.63. The van der Waals surface area contributed by atoms with Crippen molar-refractivity contribution in [2.45, 2.75) is 50.1 Å². The van der Waals surface area contributed by atoms with Crippen LogP contribution < -0.4 is 10.2 Å². The second-order valence-electron chi connectivity index (χ2n) is 9.04. The van der Waals surface area contributed by atoms with Crippen molar-refractivity contribution in [3.05, 3.63) is 100.0 Å². The Kier molecular flexibility index (Phi) is 6.54. The molecule has 1 heterocycles. The smallest absolute Gasteiger partial charge is 0.265 e. The number of hydrogen-bond acceptors (Lipinski definition) is 3. The molecule has 0 spiro atoms. The third kappa shape index (κ3) is 4.95. The molecule has 0 saturated heterocycles. The number of carbonyl (C=O) groups is 2. The molecule has 2 amide bonds. The molecule has 172 valence electrons. The molecule has 1 fully saturated rings. The minimum Gasteiger partial charge on any atom is -0.349 e. The van der Waals surface area contributed by atoms with Gasteiger partial charge in [0, 0.05) is 16.5 Å². The number of nitrogens with zero attached hydrogens (tertiary/aromatic N) is 1. The second-order valence-corrected chi connectivity index (χ2v) is 10.1. The van der Waals surface area contributed by atoms with E-state index in [2.05, 4.69) is 36.5 Å². The summed E-state index contributed by atoms with van der Waals surface area (Å²) in [5.74, 6) is -0.0271. The van der Waals surface area contributed by atoms with Crippen molar-refractivity contribution in [2.24, 2.45) is 0 Å². The van der Waals surface area contributed by atoms with Gasteiger partial charge in [-0.3, -0.25) is 9.59 Å². The van der Waals surface area contributed by atoms with Gasteiger partial charge in [-0.2, -0.15) is 0 Å². The van der Waals surface area contributed by atoms with Gasteiger partial charge in [0.2, 0.25) is 0 Å². The normalized spacial score (nSPS) is 17.1. The maximum atomic E-state index is 13.5. The topological polar surface area (TPSA) is 49.4 Å². The Labute approximate surface area is 205 Å². The van der Waals surface area contributed by atoms with Crippen LogP contribution in [0.15, 0.2) is 82.6 Å². The SMILES string of the molecule is Cc1cccc(CN2C(=O)C(=Cc3ccc(C(=O)NC4CCCC4)cc3)Sc3ccccc32)c1. The van der Waals surface area contributed by atoms with Gasteiger partial charge >= 0.3 is 0 Å². The Hall–Kier alpha value is -3.31. The maximum Gasteiger partial charge on any atom is 0.265 e. The van der Waals surface area contributed by atoms with Crippen molar-refractivity contribution in [1.29, 1.82) is 0 Å². The summed E-state index contributed by atoms with van der Waals surface area (Å²) in [5.41, 5.74) is 4.78. The highest BCUT2D eigenvalue weighted by molar-refractivity contribution is 8.04. The van der Waals surface area contributed by atoms with Crippen LogP contribution in [0.3, 0.4) is 0 Å². The van der Waals surface area contributed by atoms with Gasteiger partial charge in [0.05, 0.1) is 17.1 Å². The van der Waals surface area contributed by atoms with Gasteiger partial charge in [0.15, 0.2) is 0 Å². The van der Waals surface area contributed by atoms with E-state index in [0.29, 0.717) is 23.1 Å². The van der Waals surface area contributed by atoms with E-state index in [4.69, 9.17) is 0 Å². The van der Waals surface area contributed by atoms with E-state index in [0.717, 1.165) is 34.6 Å². The predicted octanol–water partition coefficient (Wildman–Crippen LogP) is 6.35. The van der Waals surface area contributed by atoms with Crippen LogP contribution in [0.2, 0.25) is 0 Å². The lowest BCUT2D eigenvalue weighted by Gasteiger charge is -2.30. The molecule has 3 aromatic carbocycles. The van der Waals surface area contributed by atoms with E-state index in [-0.39, 0.29) is 11.8 Å². The van der Waals surface area contributed by atoms with Crippen molar-refractivity contribution >= 4 is 35.3 Å². The summed E-state index contributed by atoms with van der Waals surface area (Å²) in [5, 5.41) is 3.13. The van der Waals surface area contributed by atoms with Gasteiger partial charge < -0.3 is 10.2 Å². The summed E-state index contributed by atoms with van der Waals surface area (Å²) in [4.78, 5) is 29.7. The second kappa shape index (κ2) is 9.90. The molecule has 2 aliphatic rings. The van der Waals surface area contributed by atoms with Gasteiger partial charge in [-0.15, -0.1) is 0 Å². The Morgan fingerprint density at radius 1 is 1.03 bits per heavy atom. The lowest BCUT2D eigenvalue weighted by molar-refractivity contribution is -0.114. The van der Waals surface area contributed by atoms with Crippen molar-refractivity contribution in [1.82, 2.24) is 5.32 Å². The first-order valence-corrected chi connectivity index (χ1v) is 12.7.